The van der Waals surface area contributed by atoms with E-state index in [1.165, 1.54) is 30.0 Å². The fourth-order valence-corrected chi connectivity index (χ4v) is 3.51. The molecule has 168 valence electrons. The second-order valence-electron chi connectivity index (χ2n) is 7.47. The van der Waals surface area contributed by atoms with Crippen LogP contribution < -0.4 is 10.2 Å². The lowest BCUT2D eigenvalue weighted by molar-refractivity contribution is -0.116. The summed E-state index contributed by atoms with van der Waals surface area (Å²) in [6.45, 7) is 1.43. The van der Waals surface area contributed by atoms with Crippen molar-refractivity contribution in [2.75, 3.05) is 17.3 Å². The van der Waals surface area contributed by atoms with Gasteiger partial charge in [-0.3, -0.25) is 9.59 Å². The molecule has 4 rings (SSSR count). The van der Waals surface area contributed by atoms with Crippen molar-refractivity contribution in [2.45, 2.75) is 6.92 Å². The number of nitrogens with zero attached hydrogens (tertiary/aromatic N) is 3. The molecule has 0 aliphatic carbocycles. The average molecular weight is 454 g/mol. The van der Waals surface area contributed by atoms with Crippen LogP contribution in [0.1, 0.15) is 33.3 Å². The lowest BCUT2D eigenvalue weighted by atomic mass is 10.0. The highest BCUT2D eigenvalue weighted by atomic mass is 16.5. The van der Waals surface area contributed by atoms with Crippen LogP contribution in [-0.2, 0) is 4.79 Å². The molecule has 0 bridgehead atoms. The standard InChI is InChI=1S/C25H18N4O5/c1-14(30)29(2)21-11-19-22(12-17(21)16-6-4-3-5-7-16)34-28-23(19)24(31)27-20-9-8-15(13-26)10-18(20)25(32)33/h3-12H,1-2H3,(H,27,31)(H,32,33). The van der Waals surface area contributed by atoms with Gasteiger partial charge in [-0.2, -0.15) is 5.26 Å². The van der Waals surface area contributed by atoms with Gasteiger partial charge < -0.3 is 19.8 Å². The number of carboxylic acids is 1. The van der Waals surface area contributed by atoms with Gasteiger partial charge in [0, 0.05) is 19.5 Å². The van der Waals surface area contributed by atoms with Gasteiger partial charge in [0.2, 0.25) is 5.91 Å². The zero-order chi connectivity index (χ0) is 24.4. The minimum atomic E-state index is -1.30. The maximum atomic E-state index is 13.0. The third-order valence-electron chi connectivity index (χ3n) is 5.35. The van der Waals surface area contributed by atoms with Crippen LogP contribution in [0.25, 0.3) is 22.1 Å². The number of hydrogen-bond acceptors (Lipinski definition) is 6. The van der Waals surface area contributed by atoms with Gasteiger partial charge in [-0.1, -0.05) is 35.5 Å². The number of rotatable bonds is 5. The maximum absolute atomic E-state index is 13.0. The van der Waals surface area contributed by atoms with Crippen LogP contribution >= 0.6 is 0 Å². The van der Waals surface area contributed by atoms with E-state index >= 15 is 0 Å². The van der Waals surface area contributed by atoms with Gasteiger partial charge in [-0.05, 0) is 35.9 Å². The zero-order valence-corrected chi connectivity index (χ0v) is 18.2. The molecule has 0 atom stereocenters. The molecule has 9 heteroatoms. The predicted octanol–water partition coefficient (Wildman–Crippen LogP) is 4.30. The smallest absolute Gasteiger partial charge is 0.337 e. The first-order chi connectivity index (χ1) is 16.3. The van der Waals surface area contributed by atoms with Crippen molar-refractivity contribution in [2.24, 2.45) is 0 Å². The first kappa shape index (κ1) is 22.2. The highest BCUT2D eigenvalue weighted by Gasteiger charge is 2.23. The Hall–Kier alpha value is -4.97. The molecule has 0 saturated heterocycles. The summed E-state index contributed by atoms with van der Waals surface area (Å²) in [7, 11) is 1.62. The van der Waals surface area contributed by atoms with E-state index in [2.05, 4.69) is 10.5 Å². The highest BCUT2D eigenvalue weighted by molar-refractivity contribution is 6.14. The Morgan fingerprint density at radius 1 is 1.09 bits per heavy atom. The predicted molar refractivity (Wildman–Crippen MR) is 125 cm³/mol. The van der Waals surface area contributed by atoms with E-state index in [0.717, 1.165) is 5.56 Å². The first-order valence-electron chi connectivity index (χ1n) is 10.1. The van der Waals surface area contributed by atoms with Crippen molar-refractivity contribution in [1.82, 2.24) is 5.16 Å². The van der Waals surface area contributed by atoms with Crippen LogP contribution in [0.15, 0.2) is 65.2 Å². The number of aromatic nitrogens is 1. The Morgan fingerprint density at radius 2 is 1.82 bits per heavy atom. The summed E-state index contributed by atoms with van der Waals surface area (Å²) < 4.78 is 5.41. The van der Waals surface area contributed by atoms with Crippen LogP contribution in [-0.4, -0.2) is 35.1 Å². The average Bonchev–Trinajstić information content (AvgIpc) is 3.26. The minimum Gasteiger partial charge on any atom is -0.478 e. The Balaban J connectivity index is 1.80. The lowest BCUT2D eigenvalue weighted by Crippen LogP contribution is -2.23. The number of amides is 2. The molecule has 9 nitrogen and oxygen atoms in total. The minimum absolute atomic E-state index is 0.00892. The Labute approximate surface area is 193 Å². The van der Waals surface area contributed by atoms with Crippen LogP contribution in [0.3, 0.4) is 0 Å². The second kappa shape index (κ2) is 8.88. The quantitative estimate of drug-likeness (QED) is 0.459. The summed E-state index contributed by atoms with van der Waals surface area (Å²) in [5.74, 6) is -2.20. The molecule has 0 unspecified atom stereocenters. The lowest BCUT2D eigenvalue weighted by Gasteiger charge is -2.19. The fourth-order valence-electron chi connectivity index (χ4n) is 3.51. The number of nitrogens with one attached hydrogen (secondary N) is 1. The normalized spacial score (nSPS) is 10.5. The maximum Gasteiger partial charge on any atom is 0.337 e. The zero-order valence-electron chi connectivity index (χ0n) is 18.2. The largest absolute Gasteiger partial charge is 0.478 e. The third-order valence-corrected chi connectivity index (χ3v) is 5.35. The van der Waals surface area contributed by atoms with Crippen molar-refractivity contribution in [1.29, 1.82) is 5.26 Å². The summed E-state index contributed by atoms with van der Waals surface area (Å²) in [6.07, 6.45) is 0. The van der Waals surface area contributed by atoms with Gasteiger partial charge in [0.25, 0.3) is 5.91 Å². The van der Waals surface area contributed by atoms with Gasteiger partial charge in [-0.25, -0.2) is 4.79 Å². The monoisotopic (exact) mass is 454 g/mol. The van der Waals surface area contributed by atoms with Crippen molar-refractivity contribution in [3.63, 3.8) is 0 Å². The van der Waals surface area contributed by atoms with E-state index in [0.29, 0.717) is 22.2 Å². The Bertz CT molecular complexity index is 1480. The van der Waals surface area contributed by atoms with E-state index in [4.69, 9.17) is 9.78 Å². The van der Waals surface area contributed by atoms with E-state index in [1.807, 2.05) is 36.4 Å². The Morgan fingerprint density at radius 3 is 2.47 bits per heavy atom. The SMILES string of the molecule is CC(=O)N(C)c1cc2c(C(=O)Nc3ccc(C#N)cc3C(=O)O)noc2cc1-c1ccccc1. The molecule has 0 aliphatic heterocycles. The number of benzene rings is 3. The van der Waals surface area contributed by atoms with Crippen LogP contribution in [0.5, 0.6) is 0 Å². The van der Waals surface area contributed by atoms with Crippen molar-refractivity contribution >= 4 is 40.1 Å². The molecule has 34 heavy (non-hydrogen) atoms. The molecule has 0 saturated carbocycles. The van der Waals surface area contributed by atoms with Gasteiger partial charge in [-0.15, -0.1) is 0 Å². The summed E-state index contributed by atoms with van der Waals surface area (Å²) in [5, 5.41) is 25.2. The topological polar surface area (TPSA) is 137 Å². The molecule has 4 aromatic rings. The number of fused-ring (bicyclic) bond motifs is 1. The molecule has 3 aromatic carbocycles. The summed E-state index contributed by atoms with van der Waals surface area (Å²) in [5.41, 5.74) is 2.28. The fraction of sp³-hybridized carbons (Fsp3) is 0.0800. The van der Waals surface area contributed by atoms with Crippen LogP contribution in [0.4, 0.5) is 11.4 Å². The molecule has 0 spiro atoms. The first-order valence-corrected chi connectivity index (χ1v) is 10.1. The number of anilines is 2. The molecule has 2 N–H and O–H groups in total. The number of hydrogen-bond donors (Lipinski definition) is 2. The van der Waals surface area contributed by atoms with Gasteiger partial charge in [0.1, 0.15) is 0 Å². The molecule has 1 aromatic heterocycles. The summed E-state index contributed by atoms with van der Waals surface area (Å²) in [6, 6.07) is 18.5. The second-order valence-corrected chi connectivity index (χ2v) is 7.47. The number of nitriles is 1. The van der Waals surface area contributed by atoms with Gasteiger partial charge >= 0.3 is 5.97 Å². The molecule has 0 aliphatic rings. The summed E-state index contributed by atoms with van der Waals surface area (Å²) in [4.78, 5) is 38.2. The van der Waals surface area contributed by atoms with Crippen LogP contribution in [0.2, 0.25) is 0 Å². The van der Waals surface area contributed by atoms with E-state index in [1.54, 1.807) is 19.2 Å². The third kappa shape index (κ3) is 4.08. The van der Waals surface area contributed by atoms with Gasteiger partial charge in [0.05, 0.1) is 34.0 Å². The summed E-state index contributed by atoms with van der Waals surface area (Å²) >= 11 is 0. The number of carbonyl (C=O) groups is 3. The van der Waals surface area contributed by atoms with Crippen molar-refractivity contribution < 1.29 is 24.0 Å². The molecule has 0 fully saturated rings. The molecule has 1 heterocycles. The number of aromatic carboxylic acids is 1. The number of carbonyl (C=O) groups excluding carboxylic acids is 2. The van der Waals surface area contributed by atoms with E-state index < -0.39 is 11.9 Å². The van der Waals surface area contributed by atoms with Crippen molar-refractivity contribution in [3.05, 3.63) is 77.5 Å². The van der Waals surface area contributed by atoms with Crippen molar-refractivity contribution in [3.8, 4) is 17.2 Å². The van der Waals surface area contributed by atoms with Gasteiger partial charge in [0.15, 0.2) is 11.3 Å². The number of carboxylic acid groups (broad SMARTS) is 1. The molecule has 0 radical (unpaired) electrons. The van der Waals surface area contributed by atoms with Crippen LogP contribution in [0, 0.1) is 11.3 Å². The highest BCUT2D eigenvalue weighted by Crippen LogP contribution is 2.36. The van der Waals surface area contributed by atoms with E-state index in [-0.39, 0.29) is 28.4 Å². The molecular formula is C25H18N4O5. The van der Waals surface area contributed by atoms with E-state index in [9.17, 15) is 19.5 Å². The molecular weight excluding hydrogens is 436 g/mol. The molecule has 2 amide bonds. The Kier molecular flexibility index (Phi) is 5.80.